The van der Waals surface area contributed by atoms with Crippen molar-refractivity contribution in [1.82, 2.24) is 10.6 Å². The van der Waals surface area contributed by atoms with E-state index in [-0.39, 0.29) is 43.6 Å². The molecule has 2 amide bonds. The molecule has 0 unspecified atom stereocenters. The summed E-state index contributed by atoms with van der Waals surface area (Å²) in [6.45, 7) is -0.349. The molecule has 0 saturated carbocycles. The number of carbonyl (C=O) groups is 5. The number of hydrogen-bond donors (Lipinski definition) is 3. The number of carboxylic acid groups (broad SMARTS) is 1. The van der Waals surface area contributed by atoms with Gasteiger partial charge in [-0.15, -0.1) is 11.3 Å². The van der Waals surface area contributed by atoms with Crippen LogP contribution in [-0.2, 0) is 55.8 Å². The molecule has 0 radical (unpaired) electrons. The molecule has 2 aliphatic rings. The van der Waals surface area contributed by atoms with Crippen molar-refractivity contribution in [3.05, 3.63) is 148 Å². The zero-order valence-electron chi connectivity index (χ0n) is 31.2. The van der Waals surface area contributed by atoms with Crippen molar-refractivity contribution in [1.29, 1.82) is 0 Å². The number of Topliss-reactive ketones (excluding diaryl/α,β-unsaturated/α-hetero) is 2. The van der Waals surface area contributed by atoms with E-state index in [1.807, 2.05) is 60.0 Å². The van der Waals surface area contributed by atoms with Gasteiger partial charge in [0.25, 0.3) is 0 Å². The first-order valence-electron chi connectivity index (χ1n) is 18.7. The maximum Gasteiger partial charge on any atom is 0.416 e. The summed E-state index contributed by atoms with van der Waals surface area (Å²) in [4.78, 5) is 69.3. The average molecular weight is 811 g/mol. The van der Waals surface area contributed by atoms with Crippen LogP contribution >= 0.6 is 11.3 Å². The summed E-state index contributed by atoms with van der Waals surface area (Å²) in [5.74, 6) is -5.88. The van der Waals surface area contributed by atoms with Crippen LogP contribution < -0.4 is 15.4 Å². The Morgan fingerprint density at radius 1 is 0.707 bits per heavy atom. The molecule has 3 heterocycles. The van der Waals surface area contributed by atoms with Crippen LogP contribution in [0.2, 0.25) is 0 Å². The van der Waals surface area contributed by atoms with E-state index in [1.54, 1.807) is 36.4 Å². The molecule has 0 spiro atoms. The molecule has 0 aliphatic carbocycles. The number of carboxylic acids is 1. The number of aliphatic carboxylic acids is 1. The monoisotopic (exact) mass is 810 g/mol. The molecule has 7 rings (SSSR count). The highest BCUT2D eigenvalue weighted by molar-refractivity contribution is 7.09. The summed E-state index contributed by atoms with van der Waals surface area (Å²) in [6.07, 6.45) is -6.23. The number of thiophene rings is 1. The Morgan fingerprint density at radius 2 is 1.38 bits per heavy atom. The van der Waals surface area contributed by atoms with Crippen LogP contribution in [0.1, 0.15) is 40.0 Å². The quantitative estimate of drug-likeness (QED) is 0.150. The lowest BCUT2D eigenvalue weighted by molar-refractivity contribution is -0.144. The smallest absolute Gasteiger partial charge is 0.416 e. The minimum atomic E-state index is -4.78. The van der Waals surface area contributed by atoms with Gasteiger partial charge in [0.2, 0.25) is 11.8 Å². The molecular formula is C45H41F3N2O7S. The highest BCUT2D eigenvalue weighted by atomic mass is 32.1. The predicted octanol–water partition coefficient (Wildman–Crippen LogP) is 7.30. The number of halogens is 3. The highest BCUT2D eigenvalue weighted by Gasteiger charge is 2.36. The molecule has 2 aliphatic heterocycles. The van der Waals surface area contributed by atoms with Gasteiger partial charge >= 0.3 is 12.1 Å². The third kappa shape index (κ3) is 11.3. The fourth-order valence-electron chi connectivity index (χ4n) is 6.98. The number of hydrogen-bond acceptors (Lipinski definition) is 7. The fraction of sp³-hybridized carbons (Fsp3) is 0.267. The minimum Gasteiger partial charge on any atom is -0.486 e. The second kappa shape index (κ2) is 18.9. The SMILES string of the molecule is O=C1COc2ccc(cc2)C[C@@H](C(=O)O)CC(=O)[C@H](Cc2ccccc2C(F)(F)F)NC(=O)[C@@H](Cc2ccc(-c3ccccc3)cc2)NC(=O)[C@H](Cc2cccs2)C1. The lowest BCUT2D eigenvalue weighted by atomic mass is 9.89. The molecule has 0 saturated heterocycles. The van der Waals surface area contributed by atoms with Crippen LogP contribution in [0.5, 0.6) is 5.75 Å². The summed E-state index contributed by atoms with van der Waals surface area (Å²) >= 11 is 1.40. The molecule has 5 aromatic rings. The van der Waals surface area contributed by atoms with Gasteiger partial charge < -0.3 is 20.5 Å². The van der Waals surface area contributed by atoms with Crippen LogP contribution in [0, 0.1) is 11.8 Å². The summed E-state index contributed by atoms with van der Waals surface area (Å²) in [6, 6.07) is 28.5. The van der Waals surface area contributed by atoms with Gasteiger partial charge in [-0.05, 0) is 70.3 Å². The van der Waals surface area contributed by atoms with Crippen molar-refractivity contribution in [2.24, 2.45) is 11.8 Å². The van der Waals surface area contributed by atoms with E-state index >= 15 is 0 Å². The van der Waals surface area contributed by atoms with Gasteiger partial charge in [-0.3, -0.25) is 24.0 Å². The van der Waals surface area contributed by atoms with Crippen LogP contribution in [0.4, 0.5) is 13.2 Å². The fourth-order valence-corrected chi connectivity index (χ4v) is 7.76. The molecule has 58 heavy (non-hydrogen) atoms. The molecule has 300 valence electrons. The first-order chi connectivity index (χ1) is 27.8. The summed E-state index contributed by atoms with van der Waals surface area (Å²) in [7, 11) is 0. The van der Waals surface area contributed by atoms with E-state index in [4.69, 9.17) is 4.74 Å². The summed E-state index contributed by atoms with van der Waals surface area (Å²) < 4.78 is 48.2. The van der Waals surface area contributed by atoms with Gasteiger partial charge in [0.05, 0.1) is 17.5 Å². The van der Waals surface area contributed by atoms with Crippen molar-refractivity contribution in [3.63, 3.8) is 0 Å². The predicted molar refractivity (Wildman–Crippen MR) is 212 cm³/mol. The third-order valence-electron chi connectivity index (χ3n) is 10.1. The largest absolute Gasteiger partial charge is 0.486 e. The number of benzene rings is 4. The second-order valence-electron chi connectivity index (χ2n) is 14.3. The number of ether oxygens (including phenoxy) is 1. The van der Waals surface area contributed by atoms with Crippen molar-refractivity contribution in [2.75, 3.05) is 6.61 Å². The zero-order valence-corrected chi connectivity index (χ0v) is 32.1. The molecule has 4 aromatic carbocycles. The second-order valence-corrected chi connectivity index (χ2v) is 15.3. The molecule has 1 aromatic heterocycles. The minimum absolute atomic E-state index is 0.0821. The van der Waals surface area contributed by atoms with E-state index in [0.717, 1.165) is 22.1 Å². The Balaban J connectivity index is 1.38. The van der Waals surface area contributed by atoms with Crippen LogP contribution in [0.25, 0.3) is 11.1 Å². The summed E-state index contributed by atoms with van der Waals surface area (Å²) in [5.41, 5.74) is 1.72. The zero-order chi connectivity index (χ0) is 41.2. The van der Waals surface area contributed by atoms with Gasteiger partial charge in [0.15, 0.2) is 11.6 Å². The van der Waals surface area contributed by atoms with Gasteiger partial charge in [0.1, 0.15) is 18.4 Å². The Kier molecular flexibility index (Phi) is 13.5. The standard InChI is InChI=1S/C45H41F3N2O7S/c46-45(47,48)38-11-5-4-9-32(38)25-39-41(52)26-34(44(55)56)21-28-14-18-36(19-15-28)57-27-35(51)23-33(24-37-10-6-20-58-37)42(53)50-40(43(54)49-39)22-29-12-16-31(17-13-29)30-7-2-1-3-8-30/h1-20,33-34,39-40H,21-27H2,(H,49,54)(H,50,53)(H,55,56)/t33-,34+,39-,40+/m0/s1. The number of alkyl halides is 3. The van der Waals surface area contributed by atoms with Crippen molar-refractivity contribution < 1.29 is 47.0 Å². The number of rotatable bonds is 8. The van der Waals surface area contributed by atoms with E-state index in [9.17, 15) is 42.3 Å². The molecule has 0 fully saturated rings. The Bertz CT molecular complexity index is 2210. The number of ketones is 2. The average Bonchev–Trinajstić information content (AvgIpc) is 3.73. The maximum absolute atomic E-state index is 14.4. The lowest BCUT2D eigenvalue weighted by Gasteiger charge is -2.26. The number of amides is 2. The van der Waals surface area contributed by atoms with Crippen LogP contribution in [0.3, 0.4) is 0 Å². The molecule has 13 heteroatoms. The Hall–Kier alpha value is -6.08. The van der Waals surface area contributed by atoms with Crippen LogP contribution in [-0.4, -0.2) is 53.1 Å². The van der Waals surface area contributed by atoms with Crippen molar-refractivity contribution in [2.45, 2.75) is 56.8 Å². The van der Waals surface area contributed by atoms with E-state index < -0.39 is 72.1 Å². The maximum atomic E-state index is 14.4. The Morgan fingerprint density at radius 3 is 2.05 bits per heavy atom. The number of fused-ring (bicyclic) bond motifs is 16. The summed E-state index contributed by atoms with van der Waals surface area (Å²) in [5, 5.41) is 17.4. The topological polar surface area (TPSA) is 139 Å². The van der Waals surface area contributed by atoms with Gasteiger partial charge in [-0.1, -0.05) is 91.0 Å². The van der Waals surface area contributed by atoms with E-state index in [2.05, 4.69) is 10.6 Å². The van der Waals surface area contributed by atoms with Crippen molar-refractivity contribution >= 4 is 40.7 Å². The molecule has 4 atom stereocenters. The van der Waals surface area contributed by atoms with Crippen LogP contribution in [0.15, 0.2) is 121 Å². The van der Waals surface area contributed by atoms with Gasteiger partial charge in [-0.25, -0.2) is 0 Å². The Labute approximate surface area is 337 Å². The first-order valence-corrected chi connectivity index (χ1v) is 19.6. The lowest BCUT2D eigenvalue weighted by Crippen LogP contribution is -2.54. The van der Waals surface area contributed by atoms with Gasteiger partial charge in [0, 0.05) is 36.5 Å². The highest BCUT2D eigenvalue weighted by Crippen LogP contribution is 2.33. The third-order valence-corrected chi connectivity index (χ3v) is 11.0. The molecule has 9 nitrogen and oxygen atoms in total. The molecule has 3 N–H and O–H groups in total. The number of carbonyl (C=O) groups excluding carboxylic acids is 4. The normalized spacial score (nSPS) is 19.9. The first kappa shape index (κ1) is 41.6. The van der Waals surface area contributed by atoms with Gasteiger partial charge in [-0.2, -0.15) is 13.2 Å². The van der Waals surface area contributed by atoms with E-state index in [1.165, 1.54) is 29.5 Å². The van der Waals surface area contributed by atoms with E-state index in [0.29, 0.717) is 16.9 Å². The number of nitrogens with one attached hydrogen (secondary N) is 2. The molecular weight excluding hydrogens is 770 g/mol. The van der Waals surface area contributed by atoms with Crippen molar-refractivity contribution in [3.8, 4) is 16.9 Å². The molecule has 2 bridgehead atoms.